The number of rotatable bonds is 6. The maximum Gasteiger partial charge on any atom is 0.333 e. The van der Waals surface area contributed by atoms with E-state index < -0.39 is 45.2 Å². The Morgan fingerprint density at radius 2 is 1.72 bits per heavy atom. The third-order valence-electron chi connectivity index (χ3n) is 6.71. The number of hydrogen-bond acceptors (Lipinski definition) is 6. The fourth-order valence-corrected chi connectivity index (χ4v) is 6.49. The van der Waals surface area contributed by atoms with Crippen LogP contribution in [0.2, 0.25) is 5.02 Å². The molecule has 0 bridgehead atoms. The van der Waals surface area contributed by atoms with Crippen LogP contribution in [-0.4, -0.2) is 44.5 Å². The molecule has 1 aliphatic heterocycles. The average molecular weight is 578 g/mol. The molecule has 4 aromatic rings. The summed E-state index contributed by atoms with van der Waals surface area (Å²) in [6, 6.07) is 9.03. The number of hydrogen-bond donors (Lipinski definition) is 1. The number of imidazole rings is 1. The van der Waals surface area contributed by atoms with Crippen molar-refractivity contribution in [1.82, 2.24) is 18.7 Å². The molecule has 3 heterocycles. The van der Waals surface area contributed by atoms with Gasteiger partial charge in [-0.15, -0.1) is 0 Å². The van der Waals surface area contributed by atoms with Gasteiger partial charge in [-0.2, -0.15) is 0 Å². The van der Waals surface area contributed by atoms with Crippen LogP contribution < -0.4 is 17.0 Å². The van der Waals surface area contributed by atoms with Gasteiger partial charge in [-0.1, -0.05) is 11.6 Å². The number of nitrogens with zero attached hydrogens (tertiary/aromatic N) is 4. The second-order valence-corrected chi connectivity index (χ2v) is 12.1. The molecule has 204 valence electrons. The highest BCUT2D eigenvalue weighted by atomic mass is 35.5. The fourth-order valence-electron chi connectivity index (χ4n) is 4.77. The van der Waals surface area contributed by atoms with E-state index in [1.54, 1.807) is 12.1 Å². The maximum absolute atomic E-state index is 15.0. The Labute approximate surface area is 225 Å². The topological polar surface area (TPSA) is 139 Å². The Kier molecular flexibility index (Phi) is 6.89. The molecule has 2 aromatic carbocycles. The summed E-state index contributed by atoms with van der Waals surface area (Å²) < 4.78 is 55.8. The predicted octanol–water partition coefficient (Wildman–Crippen LogP) is 2.26. The number of halogens is 3. The molecule has 14 heteroatoms. The molecular weight excluding hydrogens is 556 g/mol. The van der Waals surface area contributed by atoms with Crippen LogP contribution in [0.3, 0.4) is 0 Å². The summed E-state index contributed by atoms with van der Waals surface area (Å²) in [5, 5.41) is 0.382. The van der Waals surface area contributed by atoms with Crippen molar-refractivity contribution in [1.29, 1.82) is 0 Å². The zero-order valence-electron chi connectivity index (χ0n) is 20.3. The molecule has 1 saturated heterocycles. The number of primary amides is 1. The molecule has 0 aliphatic carbocycles. The number of nitrogens with two attached hydrogens (primary N) is 1. The van der Waals surface area contributed by atoms with Gasteiger partial charge in [0.1, 0.15) is 28.0 Å². The van der Waals surface area contributed by atoms with Gasteiger partial charge in [-0.3, -0.25) is 18.7 Å². The van der Waals surface area contributed by atoms with E-state index >= 15 is 4.39 Å². The fraction of sp³-hybridized carbons (Fsp3) is 0.280. The molecule has 5 rings (SSSR count). The minimum Gasteiger partial charge on any atom is -0.368 e. The number of amides is 1. The third kappa shape index (κ3) is 5.11. The van der Waals surface area contributed by atoms with Crippen molar-refractivity contribution in [3.05, 3.63) is 80.0 Å². The quantitative estimate of drug-likeness (QED) is 0.373. The normalized spacial score (nSPS) is 15.6. The van der Waals surface area contributed by atoms with E-state index in [4.69, 9.17) is 17.3 Å². The second kappa shape index (κ2) is 10.0. The Hall–Kier alpha value is -3.84. The standard InChI is InChI=1S/C25H22ClF2N5O5S/c26-15-1-4-17(5-2-15)33-21-23(30-22(33)18-6-3-16(27)11-19(18)28)31(12-14-7-9-39(37,38)10-8-14)25(36)32(24(21)35)13-20(29)34/h1-6,11,14H,7-10,12-13H2,(H2,29,34). The van der Waals surface area contributed by atoms with Crippen molar-refractivity contribution < 1.29 is 22.0 Å². The van der Waals surface area contributed by atoms with Gasteiger partial charge in [0, 0.05) is 23.3 Å². The van der Waals surface area contributed by atoms with Crippen LogP contribution in [0.25, 0.3) is 28.2 Å². The van der Waals surface area contributed by atoms with E-state index in [9.17, 15) is 27.2 Å². The van der Waals surface area contributed by atoms with Crippen LogP contribution in [0, 0.1) is 17.6 Å². The Bertz CT molecular complexity index is 1830. The van der Waals surface area contributed by atoms with Crippen molar-refractivity contribution in [2.75, 3.05) is 11.5 Å². The van der Waals surface area contributed by atoms with E-state index in [1.165, 1.54) is 21.3 Å². The van der Waals surface area contributed by atoms with Gasteiger partial charge in [0.15, 0.2) is 17.0 Å². The highest BCUT2D eigenvalue weighted by molar-refractivity contribution is 7.91. The number of sulfone groups is 1. The van der Waals surface area contributed by atoms with Crippen molar-refractivity contribution in [3.8, 4) is 17.1 Å². The van der Waals surface area contributed by atoms with Gasteiger partial charge < -0.3 is 5.73 Å². The molecule has 2 aromatic heterocycles. The minimum absolute atomic E-state index is 0.00708. The first-order valence-corrected chi connectivity index (χ1v) is 14.1. The van der Waals surface area contributed by atoms with Crippen LogP contribution in [0.1, 0.15) is 12.8 Å². The van der Waals surface area contributed by atoms with Crippen LogP contribution in [0.15, 0.2) is 52.1 Å². The molecule has 1 aliphatic rings. The van der Waals surface area contributed by atoms with Crippen LogP contribution >= 0.6 is 11.6 Å². The molecule has 0 atom stereocenters. The van der Waals surface area contributed by atoms with Crippen molar-refractivity contribution in [2.24, 2.45) is 11.7 Å². The summed E-state index contributed by atoms with van der Waals surface area (Å²) in [6.45, 7) is -0.731. The van der Waals surface area contributed by atoms with Gasteiger partial charge in [0.25, 0.3) is 5.56 Å². The van der Waals surface area contributed by atoms with Gasteiger partial charge in [-0.05, 0) is 55.2 Å². The number of aromatic nitrogens is 4. The Balaban J connectivity index is 1.84. The lowest BCUT2D eigenvalue weighted by Gasteiger charge is -2.23. The Morgan fingerprint density at radius 1 is 1.05 bits per heavy atom. The highest BCUT2D eigenvalue weighted by Crippen LogP contribution is 2.30. The summed E-state index contributed by atoms with van der Waals surface area (Å²) in [5.41, 5.74) is 3.49. The lowest BCUT2D eigenvalue weighted by atomic mass is 10.0. The predicted molar refractivity (Wildman–Crippen MR) is 141 cm³/mol. The molecule has 39 heavy (non-hydrogen) atoms. The van der Waals surface area contributed by atoms with E-state index in [0.717, 1.165) is 12.1 Å². The summed E-state index contributed by atoms with van der Waals surface area (Å²) >= 11 is 6.05. The van der Waals surface area contributed by atoms with Crippen LogP contribution in [0.5, 0.6) is 0 Å². The molecule has 0 saturated carbocycles. The first-order chi connectivity index (χ1) is 18.4. The van der Waals surface area contributed by atoms with E-state index in [-0.39, 0.29) is 59.4 Å². The molecular formula is C25H22ClF2N5O5S. The second-order valence-electron chi connectivity index (χ2n) is 9.39. The third-order valence-corrected chi connectivity index (χ3v) is 8.68. The van der Waals surface area contributed by atoms with E-state index in [2.05, 4.69) is 4.98 Å². The number of benzene rings is 2. The summed E-state index contributed by atoms with van der Waals surface area (Å²) in [7, 11) is -3.18. The largest absolute Gasteiger partial charge is 0.368 e. The number of fused-ring (bicyclic) bond motifs is 1. The number of carbonyl (C=O) groups is 1. The SMILES string of the molecule is NC(=O)Cn1c(=O)c2c(nc(-c3ccc(F)cc3F)n2-c2ccc(Cl)cc2)n(CC2CCS(=O)(=O)CC2)c1=O. The lowest BCUT2D eigenvalue weighted by molar-refractivity contribution is -0.118. The molecule has 10 nitrogen and oxygen atoms in total. The monoisotopic (exact) mass is 577 g/mol. The number of carbonyl (C=O) groups excluding carboxylic acids is 1. The molecule has 0 radical (unpaired) electrons. The summed E-state index contributed by atoms with van der Waals surface area (Å²) in [4.78, 5) is 43.5. The van der Waals surface area contributed by atoms with E-state index in [1.807, 2.05) is 0 Å². The zero-order chi connectivity index (χ0) is 28.1. The van der Waals surface area contributed by atoms with Gasteiger partial charge in [0.2, 0.25) is 5.91 Å². The van der Waals surface area contributed by atoms with E-state index in [0.29, 0.717) is 21.3 Å². The smallest absolute Gasteiger partial charge is 0.333 e. The van der Waals surface area contributed by atoms with Crippen LogP contribution in [0.4, 0.5) is 8.78 Å². The van der Waals surface area contributed by atoms with Crippen molar-refractivity contribution >= 4 is 38.5 Å². The van der Waals surface area contributed by atoms with Gasteiger partial charge >= 0.3 is 5.69 Å². The molecule has 1 amide bonds. The van der Waals surface area contributed by atoms with Crippen LogP contribution in [-0.2, 0) is 27.7 Å². The Morgan fingerprint density at radius 3 is 2.33 bits per heavy atom. The van der Waals surface area contributed by atoms with Crippen molar-refractivity contribution in [3.63, 3.8) is 0 Å². The summed E-state index contributed by atoms with van der Waals surface area (Å²) in [5.74, 6) is -3.17. The molecule has 2 N–H and O–H groups in total. The van der Waals surface area contributed by atoms with Gasteiger partial charge in [0.05, 0.1) is 17.1 Å². The highest BCUT2D eigenvalue weighted by Gasteiger charge is 2.29. The maximum atomic E-state index is 15.0. The van der Waals surface area contributed by atoms with Gasteiger partial charge in [-0.25, -0.2) is 31.5 Å². The zero-order valence-corrected chi connectivity index (χ0v) is 21.9. The lowest BCUT2D eigenvalue weighted by Crippen LogP contribution is -2.44. The first-order valence-electron chi connectivity index (χ1n) is 11.9. The minimum atomic E-state index is -3.18. The molecule has 1 fully saturated rings. The molecule has 0 unspecified atom stereocenters. The molecule has 0 spiro atoms. The first kappa shape index (κ1) is 26.8. The van der Waals surface area contributed by atoms with Crippen molar-refractivity contribution in [2.45, 2.75) is 25.9 Å². The summed E-state index contributed by atoms with van der Waals surface area (Å²) in [6.07, 6.45) is 0.561. The average Bonchev–Trinajstić information content (AvgIpc) is 3.26.